The summed E-state index contributed by atoms with van der Waals surface area (Å²) in [6.45, 7) is 7.30. The molecule has 3 heteroatoms. The highest BCUT2D eigenvalue weighted by atomic mass is 16.5. The van der Waals surface area contributed by atoms with Gasteiger partial charge in [-0.3, -0.25) is 4.79 Å². The van der Waals surface area contributed by atoms with E-state index in [1.807, 2.05) is 54.3 Å². The van der Waals surface area contributed by atoms with Gasteiger partial charge in [-0.15, -0.1) is 0 Å². The van der Waals surface area contributed by atoms with Gasteiger partial charge >= 0.3 is 0 Å². The van der Waals surface area contributed by atoms with E-state index in [0.29, 0.717) is 0 Å². The number of ether oxygens (including phenoxy) is 1. The molecule has 1 atom stereocenters. The molecule has 1 heterocycles. The summed E-state index contributed by atoms with van der Waals surface area (Å²) in [6, 6.07) is 18.1. The lowest BCUT2D eigenvalue weighted by Crippen LogP contribution is -2.43. The van der Waals surface area contributed by atoms with Crippen molar-refractivity contribution in [3.63, 3.8) is 0 Å². The normalized spacial score (nSPS) is 15.9. The molecule has 0 saturated carbocycles. The molecular weight excluding hydrogens is 298 g/mol. The average Bonchev–Trinajstić information content (AvgIpc) is 2.63. The van der Waals surface area contributed by atoms with Crippen molar-refractivity contribution < 1.29 is 9.53 Å². The van der Waals surface area contributed by atoms with Gasteiger partial charge < -0.3 is 9.64 Å². The monoisotopic (exact) mass is 321 g/mol. The summed E-state index contributed by atoms with van der Waals surface area (Å²) in [7, 11) is 0. The van der Waals surface area contributed by atoms with Crippen molar-refractivity contribution in [1.82, 2.24) is 4.90 Å². The van der Waals surface area contributed by atoms with Gasteiger partial charge in [-0.2, -0.15) is 0 Å². The Morgan fingerprint density at radius 2 is 1.58 bits per heavy atom. The highest BCUT2D eigenvalue weighted by Crippen LogP contribution is 2.23. The topological polar surface area (TPSA) is 29.5 Å². The van der Waals surface area contributed by atoms with E-state index in [1.165, 1.54) is 11.1 Å². The molecule has 1 unspecified atom stereocenters. The standard InChI is InChI=1S/C21H23NO2/c1-16-12-14-22(15-13-16)21(23)17(2)24-20-10-8-19(9-11-20)18-6-4-3-5-7-18/h3-11,17H,1,12-15H2,2H3. The van der Waals surface area contributed by atoms with Gasteiger partial charge in [0.15, 0.2) is 6.10 Å². The lowest BCUT2D eigenvalue weighted by Gasteiger charge is -2.30. The lowest BCUT2D eigenvalue weighted by molar-refractivity contribution is -0.138. The molecule has 1 aliphatic rings. The summed E-state index contributed by atoms with van der Waals surface area (Å²) in [5.41, 5.74) is 3.53. The molecule has 0 radical (unpaired) electrons. The third kappa shape index (κ3) is 3.85. The van der Waals surface area contributed by atoms with Crippen LogP contribution in [0.3, 0.4) is 0 Å². The average molecular weight is 321 g/mol. The minimum Gasteiger partial charge on any atom is -0.481 e. The van der Waals surface area contributed by atoms with Crippen LogP contribution in [-0.2, 0) is 4.79 Å². The summed E-state index contributed by atoms with van der Waals surface area (Å²) < 4.78 is 5.83. The molecule has 1 amide bonds. The second-order valence-electron chi connectivity index (χ2n) is 6.23. The van der Waals surface area contributed by atoms with Gasteiger partial charge in [0.25, 0.3) is 5.91 Å². The molecular formula is C21H23NO2. The van der Waals surface area contributed by atoms with E-state index in [9.17, 15) is 4.79 Å². The van der Waals surface area contributed by atoms with Crippen LogP contribution in [0, 0.1) is 0 Å². The number of piperidine rings is 1. The zero-order valence-electron chi connectivity index (χ0n) is 14.1. The van der Waals surface area contributed by atoms with Gasteiger partial charge in [0, 0.05) is 13.1 Å². The second-order valence-corrected chi connectivity index (χ2v) is 6.23. The first-order valence-corrected chi connectivity index (χ1v) is 8.41. The van der Waals surface area contributed by atoms with Crippen molar-refractivity contribution in [3.05, 3.63) is 66.7 Å². The van der Waals surface area contributed by atoms with Crippen molar-refractivity contribution in [2.75, 3.05) is 13.1 Å². The Morgan fingerprint density at radius 3 is 2.21 bits per heavy atom. The minimum absolute atomic E-state index is 0.0506. The van der Waals surface area contributed by atoms with Crippen LogP contribution < -0.4 is 4.74 Å². The number of rotatable bonds is 4. The maximum atomic E-state index is 12.5. The third-order valence-electron chi connectivity index (χ3n) is 4.40. The largest absolute Gasteiger partial charge is 0.481 e. The fourth-order valence-electron chi connectivity index (χ4n) is 2.91. The van der Waals surface area contributed by atoms with E-state index in [2.05, 4.69) is 18.7 Å². The van der Waals surface area contributed by atoms with Crippen molar-refractivity contribution in [2.45, 2.75) is 25.9 Å². The maximum Gasteiger partial charge on any atom is 0.263 e. The molecule has 0 aromatic heterocycles. The number of hydrogen-bond donors (Lipinski definition) is 0. The van der Waals surface area contributed by atoms with E-state index in [0.717, 1.165) is 37.2 Å². The van der Waals surface area contributed by atoms with Crippen LogP contribution in [0.5, 0.6) is 5.75 Å². The first-order chi connectivity index (χ1) is 11.6. The Bertz CT molecular complexity index is 696. The van der Waals surface area contributed by atoms with E-state index in [4.69, 9.17) is 4.74 Å². The zero-order valence-corrected chi connectivity index (χ0v) is 14.1. The molecule has 1 aliphatic heterocycles. The first kappa shape index (κ1) is 16.3. The third-order valence-corrected chi connectivity index (χ3v) is 4.40. The van der Waals surface area contributed by atoms with E-state index >= 15 is 0 Å². The van der Waals surface area contributed by atoms with E-state index in [1.54, 1.807) is 0 Å². The molecule has 0 N–H and O–H groups in total. The van der Waals surface area contributed by atoms with Crippen molar-refractivity contribution in [3.8, 4) is 16.9 Å². The number of carbonyl (C=O) groups excluding carboxylic acids is 1. The van der Waals surface area contributed by atoms with Gasteiger partial charge in [0.1, 0.15) is 5.75 Å². The second kappa shape index (κ2) is 7.35. The zero-order chi connectivity index (χ0) is 16.9. The number of benzene rings is 2. The van der Waals surface area contributed by atoms with Crippen LogP contribution in [-0.4, -0.2) is 30.0 Å². The van der Waals surface area contributed by atoms with Crippen LogP contribution in [0.2, 0.25) is 0 Å². The summed E-state index contributed by atoms with van der Waals surface area (Å²) in [5.74, 6) is 0.770. The van der Waals surface area contributed by atoms with Gasteiger partial charge in [0.2, 0.25) is 0 Å². The molecule has 3 rings (SSSR count). The molecule has 2 aromatic carbocycles. The van der Waals surface area contributed by atoms with Gasteiger partial charge in [-0.25, -0.2) is 0 Å². The Balaban J connectivity index is 1.61. The lowest BCUT2D eigenvalue weighted by atomic mass is 10.1. The SMILES string of the molecule is C=C1CCN(C(=O)C(C)Oc2ccc(-c3ccccc3)cc2)CC1. The van der Waals surface area contributed by atoms with E-state index in [-0.39, 0.29) is 5.91 Å². The first-order valence-electron chi connectivity index (χ1n) is 8.41. The Morgan fingerprint density at radius 1 is 1.00 bits per heavy atom. The van der Waals surface area contributed by atoms with Crippen LogP contribution in [0.25, 0.3) is 11.1 Å². The van der Waals surface area contributed by atoms with Gasteiger partial charge in [-0.05, 0) is 43.0 Å². The molecule has 24 heavy (non-hydrogen) atoms. The fraction of sp³-hybridized carbons (Fsp3) is 0.286. The highest BCUT2D eigenvalue weighted by Gasteiger charge is 2.24. The van der Waals surface area contributed by atoms with Gasteiger partial charge in [0.05, 0.1) is 0 Å². The Hall–Kier alpha value is -2.55. The van der Waals surface area contributed by atoms with E-state index < -0.39 is 6.10 Å². The summed E-state index contributed by atoms with van der Waals surface area (Å²) in [4.78, 5) is 14.3. The van der Waals surface area contributed by atoms with Crippen molar-refractivity contribution in [1.29, 1.82) is 0 Å². The Kier molecular flexibility index (Phi) is 4.99. The number of likely N-dealkylation sites (tertiary alicyclic amines) is 1. The summed E-state index contributed by atoms with van der Waals surface area (Å²) >= 11 is 0. The van der Waals surface area contributed by atoms with Crippen molar-refractivity contribution >= 4 is 5.91 Å². The summed E-state index contributed by atoms with van der Waals surface area (Å²) in [5, 5.41) is 0. The maximum absolute atomic E-state index is 12.5. The Labute approximate surface area is 143 Å². The van der Waals surface area contributed by atoms with Crippen LogP contribution >= 0.6 is 0 Å². The van der Waals surface area contributed by atoms with Crippen LogP contribution in [0.15, 0.2) is 66.7 Å². The number of nitrogens with zero attached hydrogens (tertiary/aromatic N) is 1. The number of hydrogen-bond acceptors (Lipinski definition) is 2. The minimum atomic E-state index is -0.473. The molecule has 0 spiro atoms. The molecule has 0 bridgehead atoms. The number of carbonyl (C=O) groups is 1. The summed E-state index contributed by atoms with van der Waals surface area (Å²) in [6.07, 6.45) is 1.31. The highest BCUT2D eigenvalue weighted by molar-refractivity contribution is 5.81. The van der Waals surface area contributed by atoms with Crippen molar-refractivity contribution in [2.24, 2.45) is 0 Å². The van der Waals surface area contributed by atoms with Gasteiger partial charge in [-0.1, -0.05) is 54.6 Å². The van der Waals surface area contributed by atoms with Crippen LogP contribution in [0.4, 0.5) is 0 Å². The molecule has 1 saturated heterocycles. The molecule has 124 valence electrons. The van der Waals surface area contributed by atoms with Crippen LogP contribution in [0.1, 0.15) is 19.8 Å². The fourth-order valence-corrected chi connectivity index (χ4v) is 2.91. The molecule has 0 aliphatic carbocycles. The molecule has 2 aromatic rings. The predicted octanol–water partition coefficient (Wildman–Crippen LogP) is 4.30. The quantitative estimate of drug-likeness (QED) is 0.786. The smallest absolute Gasteiger partial charge is 0.263 e. The number of amides is 1. The predicted molar refractivity (Wildman–Crippen MR) is 96.9 cm³/mol. The molecule has 3 nitrogen and oxygen atoms in total. The molecule has 1 fully saturated rings.